The Morgan fingerprint density at radius 1 is 0.393 bits per heavy atom. The van der Waals surface area contributed by atoms with Crippen LogP contribution in [0.2, 0.25) is 0 Å². The summed E-state index contributed by atoms with van der Waals surface area (Å²) in [5.74, 6) is 0. The summed E-state index contributed by atoms with van der Waals surface area (Å²) in [5.41, 5.74) is 12.7. The minimum absolute atomic E-state index is 0.383. The number of fused-ring (bicyclic) bond motifs is 8. The molecule has 0 atom stereocenters. The van der Waals surface area contributed by atoms with Crippen LogP contribution in [-0.4, -0.2) is 0 Å². The third kappa shape index (κ3) is 4.61. The fourth-order valence-electron chi connectivity index (χ4n) is 8.95. The van der Waals surface area contributed by atoms with Gasteiger partial charge in [0, 0.05) is 39.0 Å². The molecule has 0 radical (unpaired) electrons. The molecule has 0 saturated heterocycles. The molecular weight excluding hydrogens is 691 g/mol. The fraction of sp³-hybridized carbons (Fsp3) is 0.0196. The number of rotatable bonds is 3. The highest BCUT2D eigenvalue weighted by Crippen LogP contribution is 2.49. The summed E-state index contributed by atoms with van der Waals surface area (Å²) in [6.07, 6.45) is 0. The zero-order chi connectivity index (χ0) is 37.7. The van der Waals surface area contributed by atoms with Crippen LogP contribution in [0.15, 0.2) is 176 Å². The molecule has 0 amide bonds. The van der Waals surface area contributed by atoms with E-state index in [0.717, 1.165) is 92.5 Å². The van der Waals surface area contributed by atoms with Gasteiger partial charge in [-0.3, -0.25) is 0 Å². The maximum Gasteiger partial charge on any atom is 0.344 e. The summed E-state index contributed by atoms with van der Waals surface area (Å²) in [7, 11) is 0. The number of nitrogen functional groups attached to an aromatic ring is 1. The van der Waals surface area contributed by atoms with Gasteiger partial charge in [-0.15, -0.1) is 0 Å². The van der Waals surface area contributed by atoms with Crippen molar-refractivity contribution < 1.29 is 8.83 Å². The molecule has 0 aliphatic rings. The van der Waals surface area contributed by atoms with Crippen molar-refractivity contribution in [3.63, 3.8) is 0 Å². The van der Waals surface area contributed by atoms with Crippen molar-refractivity contribution in [3.8, 4) is 33.4 Å². The number of anilines is 1. The molecule has 264 valence electrons. The second kappa shape index (κ2) is 12.0. The summed E-state index contributed by atoms with van der Waals surface area (Å²) < 4.78 is 12.2. The topological polar surface area (TPSA) is 86.4 Å². The monoisotopic (exact) mass is 721 g/mol. The molecule has 2 aromatic heterocycles. The van der Waals surface area contributed by atoms with E-state index < -0.39 is 5.63 Å². The van der Waals surface area contributed by atoms with E-state index in [4.69, 9.17) is 14.6 Å². The first-order valence-corrected chi connectivity index (χ1v) is 18.6. The lowest BCUT2D eigenvalue weighted by Crippen LogP contribution is -2.05. The number of benzene rings is 9. The third-order valence-electron chi connectivity index (χ3n) is 11.4. The van der Waals surface area contributed by atoms with E-state index in [-0.39, 0.29) is 5.63 Å². The maximum atomic E-state index is 14.2. The number of hydrogen-bond acceptors (Lipinski definition) is 5. The molecule has 5 heteroatoms. The van der Waals surface area contributed by atoms with Crippen LogP contribution in [0.25, 0.3) is 109 Å². The van der Waals surface area contributed by atoms with Crippen LogP contribution >= 0.6 is 0 Å². The molecule has 9 aromatic carbocycles. The van der Waals surface area contributed by atoms with Gasteiger partial charge in [-0.1, -0.05) is 127 Å². The standard InChI is InChI=1S/C51H31NO4/c1-28-11-10-20-41-32(28)24-22-30-26-43(51(54)56-49(30)41)46-35-14-4-8-18-39(35)48(40-19-9-5-15-36(40)46)47-37-16-6-2-12-33(37)45(34-13-3-7-17-38(34)47)42-25-29-21-23-31(52)27-44(29)55-50(42)53/h2-27H,52H2,1H3. The highest BCUT2D eigenvalue weighted by molar-refractivity contribution is 6.30. The van der Waals surface area contributed by atoms with Crippen molar-refractivity contribution >= 4 is 81.5 Å². The van der Waals surface area contributed by atoms with Crippen molar-refractivity contribution in [2.75, 3.05) is 5.73 Å². The molecule has 2 N–H and O–H groups in total. The second-order valence-electron chi connectivity index (χ2n) is 14.5. The van der Waals surface area contributed by atoms with Crippen LogP contribution in [0, 0.1) is 6.92 Å². The minimum Gasteiger partial charge on any atom is -0.422 e. The molecule has 5 nitrogen and oxygen atoms in total. The number of hydrogen-bond donors (Lipinski definition) is 1. The van der Waals surface area contributed by atoms with Crippen molar-refractivity contribution in [2.45, 2.75) is 6.92 Å². The zero-order valence-corrected chi connectivity index (χ0v) is 30.2. The Balaban J connectivity index is 1.26. The maximum absolute atomic E-state index is 14.2. The fourth-order valence-corrected chi connectivity index (χ4v) is 8.95. The predicted octanol–water partition coefficient (Wildman–Crippen LogP) is 12.6. The van der Waals surface area contributed by atoms with Gasteiger partial charge in [-0.05, 0) is 96.4 Å². The third-order valence-corrected chi connectivity index (χ3v) is 11.4. The van der Waals surface area contributed by atoms with Gasteiger partial charge in [-0.25, -0.2) is 9.59 Å². The average molecular weight is 722 g/mol. The normalized spacial score (nSPS) is 11.9. The highest BCUT2D eigenvalue weighted by Gasteiger charge is 2.25. The molecule has 11 rings (SSSR count). The van der Waals surface area contributed by atoms with Crippen LogP contribution in [0.5, 0.6) is 0 Å². The van der Waals surface area contributed by atoms with E-state index in [1.54, 1.807) is 6.07 Å². The molecule has 0 saturated carbocycles. The molecular formula is C51H31NO4. The van der Waals surface area contributed by atoms with Crippen LogP contribution < -0.4 is 17.0 Å². The first-order valence-electron chi connectivity index (χ1n) is 18.6. The Labute approximate surface area is 319 Å². The summed E-state index contributed by atoms with van der Waals surface area (Å²) >= 11 is 0. The van der Waals surface area contributed by atoms with E-state index >= 15 is 0 Å². The van der Waals surface area contributed by atoms with Gasteiger partial charge in [0.15, 0.2) is 0 Å². The van der Waals surface area contributed by atoms with E-state index in [1.165, 1.54) is 0 Å². The van der Waals surface area contributed by atoms with Gasteiger partial charge in [0.25, 0.3) is 0 Å². The van der Waals surface area contributed by atoms with Crippen LogP contribution in [0.1, 0.15) is 5.56 Å². The van der Waals surface area contributed by atoms with Gasteiger partial charge in [0.2, 0.25) is 0 Å². The molecule has 0 unspecified atom stereocenters. The Morgan fingerprint density at radius 2 is 0.821 bits per heavy atom. The van der Waals surface area contributed by atoms with Crippen molar-refractivity contribution in [2.24, 2.45) is 0 Å². The SMILES string of the molecule is Cc1cccc2c1ccc1cc(-c3c4ccccc4c(-c4c5ccccc5c(-c5cc6ccc(N)cc6oc5=O)c5ccccc45)c4ccccc34)c(=O)oc12. The molecule has 0 bridgehead atoms. The highest BCUT2D eigenvalue weighted by atomic mass is 16.4. The van der Waals surface area contributed by atoms with E-state index in [9.17, 15) is 9.59 Å². The molecule has 0 aliphatic heterocycles. The quantitative estimate of drug-likeness (QED) is 0.0849. The zero-order valence-electron chi connectivity index (χ0n) is 30.2. The van der Waals surface area contributed by atoms with E-state index in [2.05, 4.69) is 67.6 Å². The molecule has 11 aromatic rings. The first kappa shape index (κ1) is 32.0. The van der Waals surface area contributed by atoms with Gasteiger partial charge < -0.3 is 14.6 Å². The van der Waals surface area contributed by atoms with Crippen LogP contribution in [0.3, 0.4) is 0 Å². The van der Waals surface area contributed by atoms with Crippen LogP contribution in [-0.2, 0) is 0 Å². The van der Waals surface area contributed by atoms with Gasteiger partial charge in [0.05, 0.1) is 11.1 Å². The summed E-state index contributed by atoms with van der Waals surface area (Å²) in [6.45, 7) is 2.07. The van der Waals surface area contributed by atoms with Crippen molar-refractivity contribution in [1.29, 1.82) is 0 Å². The first-order chi connectivity index (χ1) is 27.4. The molecule has 0 spiro atoms. The van der Waals surface area contributed by atoms with Gasteiger partial charge >= 0.3 is 11.3 Å². The van der Waals surface area contributed by atoms with Crippen molar-refractivity contribution in [3.05, 3.63) is 184 Å². The second-order valence-corrected chi connectivity index (χ2v) is 14.5. The van der Waals surface area contributed by atoms with E-state index in [1.807, 2.05) is 91.0 Å². The van der Waals surface area contributed by atoms with Gasteiger partial charge in [-0.2, -0.15) is 0 Å². The molecule has 0 aliphatic carbocycles. The molecule has 2 heterocycles. The Hall–Kier alpha value is -7.50. The van der Waals surface area contributed by atoms with E-state index in [0.29, 0.717) is 28.0 Å². The Kier molecular flexibility index (Phi) is 6.85. The van der Waals surface area contributed by atoms with Crippen LogP contribution in [0.4, 0.5) is 5.69 Å². The number of aryl methyl sites for hydroxylation is 1. The smallest absolute Gasteiger partial charge is 0.344 e. The Morgan fingerprint density at radius 3 is 1.34 bits per heavy atom. The lowest BCUT2D eigenvalue weighted by Gasteiger charge is -2.21. The van der Waals surface area contributed by atoms with Crippen molar-refractivity contribution in [1.82, 2.24) is 0 Å². The minimum atomic E-state index is -0.427. The Bertz CT molecular complexity index is 3500. The molecule has 56 heavy (non-hydrogen) atoms. The molecule has 0 fully saturated rings. The largest absolute Gasteiger partial charge is 0.422 e. The van der Waals surface area contributed by atoms with Gasteiger partial charge in [0.1, 0.15) is 11.2 Å². The summed E-state index contributed by atoms with van der Waals surface area (Å²) in [6, 6.07) is 52.6. The lowest BCUT2D eigenvalue weighted by molar-refractivity contribution is 0.564. The predicted molar refractivity (Wildman–Crippen MR) is 232 cm³/mol. The number of nitrogens with two attached hydrogens (primary N) is 1. The summed E-state index contributed by atoms with van der Waals surface area (Å²) in [5, 5.41) is 11.4. The average Bonchev–Trinajstić information content (AvgIpc) is 3.22. The lowest BCUT2D eigenvalue weighted by atomic mass is 9.81. The summed E-state index contributed by atoms with van der Waals surface area (Å²) in [4.78, 5) is 28.1.